The predicted octanol–water partition coefficient (Wildman–Crippen LogP) is 3.49. The number of aromatic hydroxyl groups is 1. The fraction of sp³-hybridized carbons (Fsp3) is 0.235. The quantitative estimate of drug-likeness (QED) is 0.894. The molecule has 0 bridgehead atoms. The van der Waals surface area contributed by atoms with Crippen LogP contribution in [0.1, 0.15) is 32.6 Å². The molecule has 2 aromatic carbocycles. The number of hydrogen-bond acceptors (Lipinski definition) is 2. The standard InChI is InChI=1S/C17H18O3/c1-11-5-3-4-6-13(11)9-10-14-8-7-12(2)15(16(14)18)17(19)20/h3-8,18H,9-10H2,1-2H3,(H,19,20). The lowest BCUT2D eigenvalue weighted by molar-refractivity contribution is 0.0692. The van der Waals surface area contributed by atoms with Crippen LogP contribution in [-0.2, 0) is 12.8 Å². The zero-order valence-corrected chi connectivity index (χ0v) is 11.7. The Morgan fingerprint density at radius 3 is 2.25 bits per heavy atom. The average molecular weight is 270 g/mol. The minimum atomic E-state index is -1.09. The Morgan fingerprint density at radius 1 is 0.950 bits per heavy atom. The Kier molecular flexibility index (Phi) is 4.08. The second-order valence-electron chi connectivity index (χ2n) is 5.00. The van der Waals surface area contributed by atoms with Crippen molar-refractivity contribution in [2.24, 2.45) is 0 Å². The largest absolute Gasteiger partial charge is 0.507 e. The third-order valence-corrected chi connectivity index (χ3v) is 3.61. The van der Waals surface area contributed by atoms with Gasteiger partial charge in [0.1, 0.15) is 11.3 Å². The van der Waals surface area contributed by atoms with E-state index >= 15 is 0 Å². The number of hydrogen-bond donors (Lipinski definition) is 2. The first kappa shape index (κ1) is 14.1. The van der Waals surface area contributed by atoms with Gasteiger partial charge in [-0.2, -0.15) is 0 Å². The van der Waals surface area contributed by atoms with E-state index in [0.717, 1.165) is 6.42 Å². The zero-order chi connectivity index (χ0) is 14.7. The smallest absolute Gasteiger partial charge is 0.339 e. The number of aryl methyl sites for hydroxylation is 4. The number of carboxylic acids is 1. The molecule has 0 aliphatic carbocycles. The Morgan fingerprint density at radius 2 is 1.60 bits per heavy atom. The van der Waals surface area contributed by atoms with E-state index < -0.39 is 5.97 Å². The third-order valence-electron chi connectivity index (χ3n) is 3.61. The number of carbonyl (C=O) groups is 1. The molecule has 20 heavy (non-hydrogen) atoms. The van der Waals surface area contributed by atoms with Crippen LogP contribution in [0.3, 0.4) is 0 Å². The number of phenols is 1. The molecule has 0 unspecified atom stereocenters. The van der Waals surface area contributed by atoms with E-state index in [2.05, 4.69) is 6.07 Å². The van der Waals surface area contributed by atoms with Gasteiger partial charge in [0.25, 0.3) is 0 Å². The first-order valence-electron chi connectivity index (χ1n) is 6.60. The lowest BCUT2D eigenvalue weighted by Gasteiger charge is -2.11. The average Bonchev–Trinajstić information content (AvgIpc) is 2.39. The molecule has 3 heteroatoms. The minimum Gasteiger partial charge on any atom is -0.507 e. The molecule has 0 atom stereocenters. The minimum absolute atomic E-state index is 0.00674. The van der Waals surface area contributed by atoms with Crippen molar-refractivity contribution in [2.75, 3.05) is 0 Å². The maximum Gasteiger partial charge on any atom is 0.339 e. The summed E-state index contributed by atoms with van der Waals surface area (Å²) in [5, 5.41) is 19.2. The predicted molar refractivity (Wildman–Crippen MR) is 78.4 cm³/mol. The molecule has 0 aliphatic heterocycles. The Bertz CT molecular complexity index is 645. The molecule has 0 saturated carbocycles. The van der Waals surface area contributed by atoms with Crippen LogP contribution < -0.4 is 0 Å². The molecule has 0 amide bonds. The molecule has 0 saturated heterocycles. The van der Waals surface area contributed by atoms with E-state index in [9.17, 15) is 9.90 Å². The van der Waals surface area contributed by atoms with Gasteiger partial charge in [-0.15, -0.1) is 0 Å². The topological polar surface area (TPSA) is 57.5 Å². The molecule has 0 aromatic heterocycles. The fourth-order valence-electron chi connectivity index (χ4n) is 2.37. The van der Waals surface area contributed by atoms with Crippen molar-refractivity contribution in [3.8, 4) is 5.75 Å². The highest BCUT2D eigenvalue weighted by Gasteiger charge is 2.16. The molecule has 0 fully saturated rings. The Labute approximate surface area is 118 Å². The van der Waals surface area contributed by atoms with Crippen molar-refractivity contribution < 1.29 is 15.0 Å². The zero-order valence-electron chi connectivity index (χ0n) is 11.7. The summed E-state index contributed by atoms with van der Waals surface area (Å²) < 4.78 is 0. The van der Waals surface area contributed by atoms with Crippen LogP contribution in [0.5, 0.6) is 5.75 Å². The van der Waals surface area contributed by atoms with Crippen LogP contribution in [0, 0.1) is 13.8 Å². The Balaban J connectivity index is 2.25. The second-order valence-corrected chi connectivity index (χ2v) is 5.00. The summed E-state index contributed by atoms with van der Waals surface area (Å²) in [5.74, 6) is -1.19. The molecule has 2 aromatic rings. The molecular formula is C17H18O3. The van der Waals surface area contributed by atoms with Crippen molar-refractivity contribution >= 4 is 5.97 Å². The van der Waals surface area contributed by atoms with Gasteiger partial charge in [-0.3, -0.25) is 0 Å². The summed E-state index contributed by atoms with van der Waals surface area (Å²) in [4.78, 5) is 11.2. The molecule has 0 heterocycles. The number of carboxylic acid groups (broad SMARTS) is 1. The highest BCUT2D eigenvalue weighted by Crippen LogP contribution is 2.27. The number of rotatable bonds is 4. The van der Waals surface area contributed by atoms with E-state index in [1.165, 1.54) is 11.1 Å². The molecule has 0 radical (unpaired) electrons. The Hall–Kier alpha value is -2.29. The molecule has 104 valence electrons. The van der Waals surface area contributed by atoms with Crippen molar-refractivity contribution in [3.05, 3.63) is 64.2 Å². The molecule has 2 N–H and O–H groups in total. The van der Waals surface area contributed by atoms with Crippen molar-refractivity contribution in [3.63, 3.8) is 0 Å². The summed E-state index contributed by atoms with van der Waals surface area (Å²) in [6.45, 7) is 3.74. The summed E-state index contributed by atoms with van der Waals surface area (Å²) in [6.07, 6.45) is 1.40. The van der Waals surface area contributed by atoms with Crippen molar-refractivity contribution in [1.29, 1.82) is 0 Å². The number of aromatic carboxylic acids is 1. The summed E-state index contributed by atoms with van der Waals surface area (Å²) >= 11 is 0. The van der Waals surface area contributed by atoms with Crippen LogP contribution in [-0.4, -0.2) is 16.2 Å². The third kappa shape index (κ3) is 2.82. The summed E-state index contributed by atoms with van der Waals surface area (Å²) in [5.41, 5.74) is 3.68. The molecular weight excluding hydrogens is 252 g/mol. The molecule has 3 nitrogen and oxygen atoms in total. The van der Waals surface area contributed by atoms with Crippen LogP contribution in [0.25, 0.3) is 0 Å². The second kappa shape index (κ2) is 5.78. The van der Waals surface area contributed by atoms with Gasteiger partial charge in [-0.25, -0.2) is 4.79 Å². The monoisotopic (exact) mass is 270 g/mol. The van der Waals surface area contributed by atoms with E-state index in [0.29, 0.717) is 17.5 Å². The van der Waals surface area contributed by atoms with Gasteiger partial charge in [0, 0.05) is 0 Å². The highest BCUT2D eigenvalue weighted by molar-refractivity contribution is 5.93. The van der Waals surface area contributed by atoms with Gasteiger partial charge in [0.2, 0.25) is 0 Å². The molecule has 2 rings (SSSR count). The van der Waals surface area contributed by atoms with Gasteiger partial charge >= 0.3 is 5.97 Å². The van der Waals surface area contributed by atoms with E-state index in [4.69, 9.17) is 5.11 Å². The van der Waals surface area contributed by atoms with Gasteiger partial charge in [0.15, 0.2) is 0 Å². The first-order valence-corrected chi connectivity index (χ1v) is 6.60. The van der Waals surface area contributed by atoms with Gasteiger partial charge in [-0.1, -0.05) is 36.4 Å². The molecule has 0 spiro atoms. The van der Waals surface area contributed by atoms with Crippen LogP contribution in [0.15, 0.2) is 36.4 Å². The van der Waals surface area contributed by atoms with Gasteiger partial charge in [0.05, 0.1) is 0 Å². The van der Waals surface area contributed by atoms with E-state index in [1.807, 2.05) is 25.1 Å². The van der Waals surface area contributed by atoms with Crippen LogP contribution >= 0.6 is 0 Å². The molecule has 0 aliphatic rings. The maximum absolute atomic E-state index is 11.2. The summed E-state index contributed by atoms with van der Waals surface area (Å²) in [7, 11) is 0. The fourth-order valence-corrected chi connectivity index (χ4v) is 2.37. The number of benzene rings is 2. The summed E-state index contributed by atoms with van der Waals surface area (Å²) in [6, 6.07) is 11.6. The van der Waals surface area contributed by atoms with Gasteiger partial charge < -0.3 is 10.2 Å². The maximum atomic E-state index is 11.2. The van der Waals surface area contributed by atoms with E-state index in [-0.39, 0.29) is 11.3 Å². The van der Waals surface area contributed by atoms with Crippen molar-refractivity contribution in [1.82, 2.24) is 0 Å². The van der Waals surface area contributed by atoms with Gasteiger partial charge in [-0.05, 0) is 48.9 Å². The highest BCUT2D eigenvalue weighted by atomic mass is 16.4. The lowest BCUT2D eigenvalue weighted by atomic mass is 9.97. The van der Waals surface area contributed by atoms with E-state index in [1.54, 1.807) is 19.1 Å². The van der Waals surface area contributed by atoms with Crippen LogP contribution in [0.2, 0.25) is 0 Å². The van der Waals surface area contributed by atoms with Crippen LogP contribution in [0.4, 0.5) is 0 Å². The lowest BCUT2D eigenvalue weighted by Crippen LogP contribution is -2.03. The first-order chi connectivity index (χ1) is 9.50. The normalized spacial score (nSPS) is 10.5. The SMILES string of the molecule is Cc1ccccc1CCc1ccc(C)c(C(=O)O)c1O. The van der Waals surface area contributed by atoms with Crippen molar-refractivity contribution in [2.45, 2.75) is 26.7 Å².